The van der Waals surface area contributed by atoms with Gasteiger partial charge in [0.1, 0.15) is 11.7 Å². The maximum Gasteiger partial charge on any atom is 0.410 e. The Morgan fingerprint density at radius 3 is 2.89 bits per heavy atom. The Morgan fingerprint density at radius 1 is 1.50 bits per heavy atom. The molecular formula is C12H20N2O4. The number of piperidine rings is 1. The van der Waals surface area contributed by atoms with Gasteiger partial charge in [0.2, 0.25) is 0 Å². The number of hydrogen-bond acceptors (Lipinski definition) is 4. The molecule has 0 saturated carbocycles. The first-order chi connectivity index (χ1) is 8.35. The van der Waals surface area contributed by atoms with Crippen LogP contribution in [0.5, 0.6) is 0 Å². The molecule has 0 aliphatic carbocycles. The van der Waals surface area contributed by atoms with Gasteiger partial charge in [0.05, 0.1) is 6.54 Å². The highest BCUT2D eigenvalue weighted by atomic mass is 16.6. The average molecular weight is 256 g/mol. The molecule has 2 amide bonds. The summed E-state index contributed by atoms with van der Waals surface area (Å²) in [6.07, 6.45) is -0.123. The van der Waals surface area contributed by atoms with Gasteiger partial charge in [-0.25, -0.2) is 9.59 Å². The molecule has 2 aliphatic rings. The molecule has 2 rings (SSSR count). The number of rotatable bonds is 0. The molecule has 0 aromatic heterocycles. The second-order valence-electron chi connectivity index (χ2n) is 5.80. The van der Waals surface area contributed by atoms with Crippen molar-refractivity contribution in [3.8, 4) is 0 Å². The highest BCUT2D eigenvalue weighted by molar-refractivity contribution is 5.70. The molecule has 0 radical (unpaired) electrons. The zero-order valence-electron chi connectivity index (χ0n) is 11.1. The van der Waals surface area contributed by atoms with Gasteiger partial charge in [-0.2, -0.15) is 0 Å². The van der Waals surface area contributed by atoms with Gasteiger partial charge in [0.25, 0.3) is 0 Å². The van der Waals surface area contributed by atoms with Crippen LogP contribution in [-0.2, 0) is 9.47 Å². The molecule has 0 spiro atoms. The molecule has 18 heavy (non-hydrogen) atoms. The smallest absolute Gasteiger partial charge is 0.410 e. The summed E-state index contributed by atoms with van der Waals surface area (Å²) in [7, 11) is 0. The van der Waals surface area contributed by atoms with Crippen LogP contribution >= 0.6 is 0 Å². The van der Waals surface area contributed by atoms with Gasteiger partial charge in [-0.1, -0.05) is 0 Å². The SMILES string of the molecule is CC(C)(C)OC(=O)N1CCC2CNC(=O)OC2C1. The van der Waals surface area contributed by atoms with Crippen molar-refractivity contribution >= 4 is 12.2 Å². The van der Waals surface area contributed by atoms with Crippen molar-refractivity contribution in [2.75, 3.05) is 19.6 Å². The number of nitrogens with one attached hydrogen (secondary N) is 1. The molecule has 102 valence electrons. The first kappa shape index (κ1) is 13.0. The molecule has 1 N–H and O–H groups in total. The van der Waals surface area contributed by atoms with E-state index >= 15 is 0 Å². The minimum absolute atomic E-state index is 0.208. The van der Waals surface area contributed by atoms with Gasteiger partial charge >= 0.3 is 12.2 Å². The summed E-state index contributed by atoms with van der Waals surface area (Å²) in [5, 5.41) is 2.67. The zero-order valence-corrected chi connectivity index (χ0v) is 11.1. The molecular weight excluding hydrogens is 236 g/mol. The van der Waals surface area contributed by atoms with E-state index < -0.39 is 11.7 Å². The lowest BCUT2D eigenvalue weighted by molar-refractivity contribution is -0.0302. The molecule has 6 nitrogen and oxygen atoms in total. The van der Waals surface area contributed by atoms with Crippen LogP contribution in [0.3, 0.4) is 0 Å². The molecule has 2 unspecified atom stereocenters. The van der Waals surface area contributed by atoms with E-state index in [1.807, 2.05) is 20.8 Å². The minimum atomic E-state index is -0.501. The normalized spacial score (nSPS) is 27.9. The standard InChI is InChI=1S/C12H20N2O4/c1-12(2,3)18-11(16)14-5-4-8-6-13-10(15)17-9(8)7-14/h8-9H,4-7H2,1-3H3,(H,13,15). The number of likely N-dealkylation sites (tertiary alicyclic amines) is 1. The van der Waals surface area contributed by atoms with E-state index in [0.29, 0.717) is 25.6 Å². The van der Waals surface area contributed by atoms with Gasteiger partial charge < -0.3 is 19.7 Å². The van der Waals surface area contributed by atoms with Crippen molar-refractivity contribution < 1.29 is 19.1 Å². The van der Waals surface area contributed by atoms with Gasteiger partial charge in [-0.05, 0) is 27.2 Å². The van der Waals surface area contributed by atoms with Gasteiger partial charge in [-0.3, -0.25) is 0 Å². The molecule has 0 aromatic carbocycles. The Hall–Kier alpha value is -1.46. The zero-order chi connectivity index (χ0) is 13.3. The lowest BCUT2D eigenvalue weighted by atomic mass is 9.93. The summed E-state index contributed by atoms with van der Waals surface area (Å²) in [6.45, 7) is 7.21. The van der Waals surface area contributed by atoms with Crippen molar-refractivity contribution in [2.24, 2.45) is 5.92 Å². The molecule has 0 bridgehead atoms. The Balaban J connectivity index is 1.93. The lowest BCUT2D eigenvalue weighted by Crippen LogP contribution is -2.55. The van der Waals surface area contributed by atoms with Crippen molar-refractivity contribution in [1.29, 1.82) is 0 Å². The molecule has 2 atom stereocenters. The molecule has 6 heteroatoms. The van der Waals surface area contributed by atoms with E-state index in [4.69, 9.17) is 9.47 Å². The van der Waals surface area contributed by atoms with E-state index in [1.54, 1.807) is 4.90 Å². The predicted octanol–water partition coefficient (Wildman–Crippen LogP) is 1.35. The Labute approximate surface area is 107 Å². The molecule has 2 fully saturated rings. The Kier molecular flexibility index (Phi) is 3.36. The topological polar surface area (TPSA) is 67.9 Å². The van der Waals surface area contributed by atoms with Crippen LogP contribution in [0.25, 0.3) is 0 Å². The fraction of sp³-hybridized carbons (Fsp3) is 0.833. The summed E-state index contributed by atoms with van der Waals surface area (Å²) >= 11 is 0. The second kappa shape index (κ2) is 4.66. The fourth-order valence-electron chi connectivity index (χ4n) is 2.22. The van der Waals surface area contributed by atoms with Gasteiger partial charge in [0.15, 0.2) is 0 Å². The van der Waals surface area contributed by atoms with E-state index in [-0.39, 0.29) is 12.2 Å². The van der Waals surface area contributed by atoms with Crippen LogP contribution in [-0.4, -0.2) is 48.4 Å². The van der Waals surface area contributed by atoms with E-state index in [1.165, 1.54) is 0 Å². The van der Waals surface area contributed by atoms with Gasteiger partial charge in [0, 0.05) is 19.0 Å². The van der Waals surface area contributed by atoms with Gasteiger partial charge in [-0.15, -0.1) is 0 Å². The number of fused-ring (bicyclic) bond motifs is 1. The summed E-state index contributed by atoms with van der Waals surface area (Å²) < 4.78 is 10.5. The lowest BCUT2D eigenvalue weighted by Gasteiger charge is -2.40. The third kappa shape index (κ3) is 3.05. The van der Waals surface area contributed by atoms with Crippen LogP contribution in [0.4, 0.5) is 9.59 Å². The largest absolute Gasteiger partial charge is 0.444 e. The quantitative estimate of drug-likeness (QED) is 0.710. The molecule has 0 aromatic rings. The number of alkyl carbamates (subject to hydrolysis) is 1. The maximum absolute atomic E-state index is 11.9. The highest BCUT2D eigenvalue weighted by Crippen LogP contribution is 2.24. The number of hydrogen-bond donors (Lipinski definition) is 1. The Bertz CT molecular complexity index is 350. The molecule has 2 saturated heterocycles. The van der Waals surface area contributed by atoms with Crippen LogP contribution < -0.4 is 5.32 Å². The van der Waals surface area contributed by atoms with Crippen molar-refractivity contribution in [2.45, 2.75) is 38.9 Å². The summed E-state index contributed by atoms with van der Waals surface area (Å²) in [5.41, 5.74) is -0.501. The second-order valence-corrected chi connectivity index (χ2v) is 5.80. The average Bonchev–Trinajstić information content (AvgIpc) is 2.25. The summed E-state index contributed by atoms with van der Waals surface area (Å²) in [6, 6.07) is 0. The molecule has 2 aliphatic heterocycles. The first-order valence-electron chi connectivity index (χ1n) is 6.27. The van der Waals surface area contributed by atoms with E-state index in [0.717, 1.165) is 6.42 Å². The summed E-state index contributed by atoms with van der Waals surface area (Å²) in [5.74, 6) is 0.293. The van der Waals surface area contributed by atoms with Crippen molar-refractivity contribution in [3.63, 3.8) is 0 Å². The monoisotopic (exact) mass is 256 g/mol. The van der Waals surface area contributed by atoms with E-state index in [2.05, 4.69) is 5.32 Å². The van der Waals surface area contributed by atoms with Crippen LogP contribution in [0, 0.1) is 5.92 Å². The number of nitrogens with zero attached hydrogens (tertiary/aromatic N) is 1. The van der Waals surface area contributed by atoms with E-state index in [9.17, 15) is 9.59 Å². The van der Waals surface area contributed by atoms with Crippen LogP contribution in [0.1, 0.15) is 27.2 Å². The first-order valence-corrected chi connectivity index (χ1v) is 6.27. The third-order valence-electron chi connectivity index (χ3n) is 3.11. The summed E-state index contributed by atoms with van der Waals surface area (Å²) in [4.78, 5) is 24.7. The van der Waals surface area contributed by atoms with Crippen LogP contribution in [0.2, 0.25) is 0 Å². The maximum atomic E-state index is 11.9. The molecule has 2 heterocycles. The van der Waals surface area contributed by atoms with Crippen molar-refractivity contribution in [1.82, 2.24) is 10.2 Å². The Morgan fingerprint density at radius 2 is 2.22 bits per heavy atom. The highest BCUT2D eigenvalue weighted by Gasteiger charge is 2.38. The predicted molar refractivity (Wildman–Crippen MR) is 64.2 cm³/mol. The number of carbonyl (C=O) groups is 2. The number of ether oxygens (including phenoxy) is 2. The van der Waals surface area contributed by atoms with Crippen LogP contribution in [0.15, 0.2) is 0 Å². The third-order valence-corrected chi connectivity index (χ3v) is 3.11. The number of amides is 2. The minimum Gasteiger partial charge on any atom is -0.444 e. The fourth-order valence-corrected chi connectivity index (χ4v) is 2.22. The number of carbonyl (C=O) groups excluding carboxylic acids is 2. The van der Waals surface area contributed by atoms with Crippen molar-refractivity contribution in [3.05, 3.63) is 0 Å².